The molecule has 7 nitrogen and oxygen atoms in total. The van der Waals surface area contributed by atoms with Crippen molar-refractivity contribution in [1.29, 1.82) is 0 Å². The summed E-state index contributed by atoms with van der Waals surface area (Å²) in [6.07, 6.45) is 3.09. The van der Waals surface area contributed by atoms with Crippen molar-refractivity contribution in [3.8, 4) is 5.75 Å². The first-order valence-corrected chi connectivity index (χ1v) is 11.6. The molecule has 8 heteroatoms. The van der Waals surface area contributed by atoms with Crippen molar-refractivity contribution in [3.63, 3.8) is 0 Å². The maximum Gasteiger partial charge on any atom is 0.257 e. The van der Waals surface area contributed by atoms with Crippen LogP contribution in [0, 0.1) is 0 Å². The number of rotatable bonds is 4. The van der Waals surface area contributed by atoms with Crippen molar-refractivity contribution in [2.45, 2.75) is 36.9 Å². The largest absolute Gasteiger partial charge is 0.495 e. The molecule has 1 saturated heterocycles. The number of methoxy groups -OCH3 is 1. The summed E-state index contributed by atoms with van der Waals surface area (Å²) in [6, 6.07) is 7.90. The van der Waals surface area contributed by atoms with Gasteiger partial charge in [-0.2, -0.15) is 0 Å². The Bertz CT molecular complexity index is 1030. The van der Waals surface area contributed by atoms with Crippen LogP contribution in [-0.2, 0) is 17.6 Å². The minimum Gasteiger partial charge on any atom is -0.495 e. The van der Waals surface area contributed by atoms with Crippen LogP contribution in [0.5, 0.6) is 5.75 Å². The predicted octanol–water partition coefficient (Wildman–Crippen LogP) is 2.13. The fourth-order valence-electron chi connectivity index (χ4n) is 4.72. The highest BCUT2D eigenvalue weighted by atomic mass is 32.2. The van der Waals surface area contributed by atoms with E-state index in [1.54, 1.807) is 23.4 Å². The van der Waals surface area contributed by atoms with Crippen LogP contribution in [-0.4, -0.2) is 59.4 Å². The van der Waals surface area contributed by atoms with E-state index in [9.17, 15) is 9.59 Å². The summed E-state index contributed by atoms with van der Waals surface area (Å²) in [5.74, 6) is 1.73. The van der Waals surface area contributed by atoms with Gasteiger partial charge < -0.3 is 14.5 Å². The molecule has 0 radical (unpaired) electrons. The lowest BCUT2D eigenvalue weighted by Gasteiger charge is -2.37. The second-order valence-corrected chi connectivity index (χ2v) is 9.04. The molecule has 2 aliphatic heterocycles. The Morgan fingerprint density at radius 3 is 2.80 bits per heavy atom. The topological polar surface area (TPSA) is 67.7 Å². The quantitative estimate of drug-likeness (QED) is 0.698. The Balaban J connectivity index is 1.25. The van der Waals surface area contributed by atoms with Crippen molar-refractivity contribution in [1.82, 2.24) is 14.5 Å². The summed E-state index contributed by atoms with van der Waals surface area (Å²) in [5.41, 5.74) is 2.98. The lowest BCUT2D eigenvalue weighted by Crippen LogP contribution is -2.49. The normalized spacial score (nSPS) is 20.2. The molecule has 0 N–H and O–H groups in total. The predicted molar refractivity (Wildman–Crippen MR) is 117 cm³/mol. The van der Waals surface area contributed by atoms with Gasteiger partial charge in [0.15, 0.2) is 5.16 Å². The van der Waals surface area contributed by atoms with Gasteiger partial charge in [-0.3, -0.25) is 14.2 Å². The van der Waals surface area contributed by atoms with Gasteiger partial charge in [0.25, 0.3) is 5.56 Å². The van der Waals surface area contributed by atoms with E-state index in [0.717, 1.165) is 66.0 Å². The van der Waals surface area contributed by atoms with Crippen LogP contribution in [0.1, 0.15) is 30.1 Å². The molecule has 158 valence electrons. The molecule has 5 rings (SSSR count). The Morgan fingerprint density at radius 1 is 1.20 bits per heavy atom. The molecule has 0 saturated carbocycles. The summed E-state index contributed by atoms with van der Waals surface area (Å²) < 4.78 is 7.26. The molecule has 1 aromatic carbocycles. The minimum atomic E-state index is -0.0874. The molecule has 3 heterocycles. The van der Waals surface area contributed by atoms with Crippen LogP contribution in [0.4, 0.5) is 5.69 Å². The smallest absolute Gasteiger partial charge is 0.257 e. The number of para-hydroxylation sites is 2. The molecule has 2 aromatic rings. The van der Waals surface area contributed by atoms with E-state index in [1.165, 1.54) is 0 Å². The van der Waals surface area contributed by atoms with Crippen molar-refractivity contribution in [3.05, 3.63) is 45.9 Å². The number of fused-ring (bicyclic) bond motifs is 2. The zero-order chi connectivity index (χ0) is 20.7. The SMILES string of the molecule is COc1ccccc1N1CCN(C(=O)CC2CSc3nc4c(c(=O)n32)CCC4)CC1. The summed E-state index contributed by atoms with van der Waals surface area (Å²) in [4.78, 5) is 34.9. The number of hydrogen-bond donors (Lipinski definition) is 0. The highest BCUT2D eigenvalue weighted by Gasteiger charge is 2.33. The average Bonchev–Trinajstić information content (AvgIpc) is 3.41. The van der Waals surface area contributed by atoms with Gasteiger partial charge >= 0.3 is 0 Å². The first-order chi connectivity index (χ1) is 14.7. The van der Waals surface area contributed by atoms with Gasteiger partial charge in [0, 0.05) is 43.9 Å². The van der Waals surface area contributed by atoms with E-state index in [0.29, 0.717) is 19.5 Å². The Morgan fingerprint density at radius 2 is 2.00 bits per heavy atom. The number of aromatic nitrogens is 2. The molecule has 3 aliphatic rings. The van der Waals surface area contributed by atoms with Crippen LogP contribution in [0.3, 0.4) is 0 Å². The fourth-order valence-corrected chi connectivity index (χ4v) is 5.88. The lowest BCUT2D eigenvalue weighted by atomic mass is 10.1. The van der Waals surface area contributed by atoms with E-state index in [2.05, 4.69) is 11.0 Å². The van der Waals surface area contributed by atoms with E-state index in [4.69, 9.17) is 9.72 Å². The second-order valence-electron chi connectivity index (χ2n) is 8.06. The maximum atomic E-state index is 13.0. The maximum absolute atomic E-state index is 13.0. The van der Waals surface area contributed by atoms with Crippen LogP contribution < -0.4 is 15.2 Å². The van der Waals surface area contributed by atoms with E-state index in [-0.39, 0.29) is 17.5 Å². The Hall–Kier alpha value is -2.48. The molecular formula is C22H26N4O3S. The van der Waals surface area contributed by atoms with Gasteiger partial charge in [0.05, 0.1) is 24.5 Å². The molecule has 1 amide bonds. The van der Waals surface area contributed by atoms with E-state index < -0.39 is 0 Å². The highest BCUT2D eigenvalue weighted by Crippen LogP contribution is 2.34. The number of piperazine rings is 1. The highest BCUT2D eigenvalue weighted by molar-refractivity contribution is 7.99. The first-order valence-electron chi connectivity index (χ1n) is 10.6. The number of anilines is 1. The van der Waals surface area contributed by atoms with Gasteiger partial charge in [-0.1, -0.05) is 23.9 Å². The van der Waals surface area contributed by atoms with E-state index >= 15 is 0 Å². The van der Waals surface area contributed by atoms with E-state index in [1.807, 2.05) is 23.1 Å². The van der Waals surface area contributed by atoms with Crippen LogP contribution in [0.15, 0.2) is 34.2 Å². The Kier molecular flexibility index (Phi) is 5.18. The summed E-state index contributed by atoms with van der Waals surface area (Å²) >= 11 is 1.61. The number of carbonyl (C=O) groups is 1. The first kappa shape index (κ1) is 19.5. The number of nitrogens with zero attached hydrogens (tertiary/aromatic N) is 4. The van der Waals surface area contributed by atoms with Crippen LogP contribution in [0.25, 0.3) is 0 Å². The molecule has 1 aromatic heterocycles. The number of thioether (sulfide) groups is 1. The minimum absolute atomic E-state index is 0.0799. The average molecular weight is 427 g/mol. The van der Waals surface area contributed by atoms with Crippen LogP contribution in [0.2, 0.25) is 0 Å². The van der Waals surface area contributed by atoms with Gasteiger partial charge in [-0.15, -0.1) is 0 Å². The Labute approximate surface area is 180 Å². The van der Waals surface area contributed by atoms with Crippen molar-refractivity contribution in [2.75, 3.05) is 43.9 Å². The third-order valence-electron chi connectivity index (χ3n) is 6.34. The lowest BCUT2D eigenvalue weighted by molar-refractivity contribution is -0.132. The molecular weight excluding hydrogens is 400 g/mol. The standard InChI is InChI=1S/C22H26N4O3S/c1-29-19-8-3-2-7-18(19)24-9-11-25(12-10-24)20(27)13-15-14-30-22-23-17-6-4-5-16(17)21(28)26(15)22/h2-3,7-8,15H,4-6,9-14H2,1H3. The summed E-state index contributed by atoms with van der Waals surface area (Å²) in [6.45, 7) is 2.91. The number of benzene rings is 1. The second kappa shape index (κ2) is 7.98. The van der Waals surface area contributed by atoms with Gasteiger partial charge in [0.1, 0.15) is 5.75 Å². The third-order valence-corrected chi connectivity index (χ3v) is 7.44. The summed E-state index contributed by atoms with van der Waals surface area (Å²) in [7, 11) is 1.68. The number of carbonyl (C=O) groups excluding carboxylic acids is 1. The number of amides is 1. The molecule has 1 fully saturated rings. The molecule has 0 spiro atoms. The number of aryl methyl sites for hydroxylation is 1. The molecule has 1 atom stereocenters. The summed E-state index contributed by atoms with van der Waals surface area (Å²) in [5, 5.41) is 0.791. The molecule has 1 unspecified atom stereocenters. The number of ether oxygens (including phenoxy) is 1. The molecule has 0 bridgehead atoms. The van der Waals surface area contributed by atoms with Gasteiger partial charge in [-0.05, 0) is 31.4 Å². The van der Waals surface area contributed by atoms with Crippen molar-refractivity contribution < 1.29 is 9.53 Å². The third kappa shape index (κ3) is 3.37. The molecule has 1 aliphatic carbocycles. The fraction of sp³-hybridized carbons (Fsp3) is 0.500. The van der Waals surface area contributed by atoms with Gasteiger partial charge in [-0.25, -0.2) is 4.98 Å². The van der Waals surface area contributed by atoms with Crippen molar-refractivity contribution >= 4 is 23.4 Å². The number of hydrogen-bond acceptors (Lipinski definition) is 6. The van der Waals surface area contributed by atoms with Crippen LogP contribution >= 0.6 is 11.8 Å². The van der Waals surface area contributed by atoms with Gasteiger partial charge in [0.2, 0.25) is 5.91 Å². The monoisotopic (exact) mass is 426 g/mol. The van der Waals surface area contributed by atoms with Crippen molar-refractivity contribution in [2.24, 2.45) is 0 Å². The zero-order valence-electron chi connectivity index (χ0n) is 17.2. The zero-order valence-corrected chi connectivity index (χ0v) is 18.0. The molecule has 30 heavy (non-hydrogen) atoms.